The van der Waals surface area contributed by atoms with Crippen LogP contribution in [0.15, 0.2) is 164 Å². The summed E-state index contributed by atoms with van der Waals surface area (Å²) in [6, 6.07) is 29.4. The van der Waals surface area contributed by atoms with Crippen LogP contribution in [-0.4, -0.2) is 14.1 Å². The number of hydrogen-bond donors (Lipinski definition) is 0. The molecule has 60 heavy (non-hydrogen) atoms. The first kappa shape index (κ1) is 26.1. The van der Waals surface area contributed by atoms with E-state index in [1.54, 1.807) is 26.8 Å². The SMILES string of the molecule is [2H]c1c(Oc2cc3c(c([2H])c2[2H])c2c([2H])c([2H])c([2H])c([2H])c2n3-c2cc(C([2H])([2H])C(C)(C)C)ccn2)cc(N2Cn3c4c(C)cccc4c4cc(C)ccc4c4ccccc4c4cccc2c43)c([2H])c1[2H]. The minimum atomic E-state index is -1.87. The molecule has 0 atom stereocenters. The van der Waals surface area contributed by atoms with Gasteiger partial charge < -0.3 is 14.2 Å². The molecule has 4 heterocycles. The molecule has 7 aromatic carbocycles. The maximum Gasteiger partial charge on any atom is 0.137 e. The minimum Gasteiger partial charge on any atom is -0.457 e. The molecule has 0 bridgehead atoms. The number of para-hydroxylation sites is 3. The van der Waals surface area contributed by atoms with Gasteiger partial charge in [0.25, 0.3) is 0 Å². The van der Waals surface area contributed by atoms with Crippen LogP contribution in [0.25, 0.3) is 71.0 Å². The summed E-state index contributed by atoms with van der Waals surface area (Å²) >= 11 is 0. The second-order valence-corrected chi connectivity index (χ2v) is 16.5. The number of pyridine rings is 1. The number of rotatable bonds is 5. The Morgan fingerprint density at radius 2 is 1.37 bits per heavy atom. The summed E-state index contributed by atoms with van der Waals surface area (Å²) in [5, 5.41) is 6.28. The molecular weight excluding hydrogens is 733 g/mol. The van der Waals surface area contributed by atoms with Gasteiger partial charge in [0.1, 0.15) is 24.0 Å². The van der Waals surface area contributed by atoms with Crippen molar-refractivity contribution < 1.29 is 19.8 Å². The predicted octanol–water partition coefficient (Wildman–Crippen LogP) is 14.8. The number of benzene rings is 7. The topological polar surface area (TPSA) is 35.2 Å². The Morgan fingerprint density at radius 1 is 0.633 bits per heavy atom. The third-order valence-electron chi connectivity index (χ3n) is 11.2. The third-order valence-corrected chi connectivity index (χ3v) is 11.2. The van der Waals surface area contributed by atoms with Crippen LogP contribution in [0.4, 0.5) is 11.4 Å². The van der Waals surface area contributed by atoms with Crippen LogP contribution in [0.3, 0.4) is 0 Å². The highest BCUT2D eigenvalue weighted by molar-refractivity contribution is 6.21. The fourth-order valence-electron chi connectivity index (χ4n) is 8.81. The molecule has 0 aliphatic carbocycles. The van der Waals surface area contributed by atoms with Gasteiger partial charge in [-0.2, -0.15) is 0 Å². The van der Waals surface area contributed by atoms with Gasteiger partial charge in [-0.25, -0.2) is 4.98 Å². The van der Waals surface area contributed by atoms with Crippen molar-refractivity contribution in [3.05, 3.63) is 180 Å². The van der Waals surface area contributed by atoms with Gasteiger partial charge in [-0.05, 0) is 107 Å². The fraction of sp³-hybridized carbons (Fsp3) is 0.145. The molecule has 0 saturated heterocycles. The Labute approximate surface area is 365 Å². The van der Waals surface area contributed by atoms with Gasteiger partial charge >= 0.3 is 0 Å². The van der Waals surface area contributed by atoms with Gasteiger partial charge in [-0.15, -0.1) is 0 Å². The van der Waals surface area contributed by atoms with Crippen molar-refractivity contribution in [2.45, 2.75) is 47.7 Å². The Bertz CT molecular complexity index is 4060. The summed E-state index contributed by atoms with van der Waals surface area (Å²) in [5.41, 5.74) is 4.58. The highest BCUT2D eigenvalue weighted by Gasteiger charge is 2.25. The van der Waals surface area contributed by atoms with E-state index in [2.05, 4.69) is 78.0 Å². The van der Waals surface area contributed by atoms with Crippen LogP contribution in [0.1, 0.15) is 52.5 Å². The monoisotopic (exact) mass is 789 g/mol. The summed E-state index contributed by atoms with van der Waals surface area (Å²) in [7, 11) is 0. The van der Waals surface area contributed by atoms with Gasteiger partial charge in [0, 0.05) is 48.3 Å². The summed E-state index contributed by atoms with van der Waals surface area (Å²) in [4.78, 5) is 6.52. The van der Waals surface area contributed by atoms with E-state index in [0.717, 1.165) is 60.2 Å². The molecule has 0 unspecified atom stereocenters. The third kappa shape index (κ3) is 5.95. The molecule has 3 aromatic heterocycles. The standard InChI is InChI=1S/C55H46N4O/c1-35-23-25-43-41-16-6-7-17-42(41)46-20-12-22-50-54(46)58(53-36(2)13-10-19-47(53)48(43)29-35)34-57(50)38-14-11-15-39(31-38)60-40-24-26-45-44-18-8-9-21-49(44)59(51(45)32-40)52-30-37(27-28-56-52)33-55(3,4)5/h6-32H,33-34H2,1-5H3/i8D,9D,11D,14D,15D,18D,21D,24D,26D,33D2. The highest BCUT2D eigenvalue weighted by Crippen LogP contribution is 2.44. The van der Waals surface area contributed by atoms with Crippen LogP contribution in [-0.2, 0) is 13.0 Å². The van der Waals surface area contributed by atoms with Crippen LogP contribution < -0.4 is 9.64 Å². The Morgan fingerprint density at radius 3 is 2.22 bits per heavy atom. The number of aromatic nitrogens is 3. The fourth-order valence-corrected chi connectivity index (χ4v) is 8.81. The normalized spacial score (nSPS) is 15.6. The zero-order valence-electron chi connectivity index (χ0n) is 44.8. The maximum absolute atomic E-state index is 9.42. The van der Waals surface area contributed by atoms with Gasteiger partial charge in [0.2, 0.25) is 0 Å². The summed E-state index contributed by atoms with van der Waals surface area (Å²) in [5.74, 6) is -0.279. The van der Waals surface area contributed by atoms with Gasteiger partial charge in [0.15, 0.2) is 0 Å². The van der Waals surface area contributed by atoms with Crippen molar-refractivity contribution in [2.75, 3.05) is 4.90 Å². The van der Waals surface area contributed by atoms with E-state index in [4.69, 9.17) is 14.3 Å². The van der Waals surface area contributed by atoms with Gasteiger partial charge in [-0.3, -0.25) is 4.57 Å². The summed E-state index contributed by atoms with van der Waals surface area (Å²) in [6.45, 7) is 9.71. The molecule has 0 amide bonds. The van der Waals surface area contributed by atoms with Crippen LogP contribution in [0.2, 0.25) is 0 Å². The average Bonchev–Trinajstić information content (AvgIpc) is 3.91. The molecule has 1 aliphatic rings. The lowest BCUT2D eigenvalue weighted by Crippen LogP contribution is -2.14. The zero-order chi connectivity index (χ0) is 50.3. The molecule has 0 N–H and O–H groups in total. The molecule has 1 aliphatic heterocycles. The van der Waals surface area contributed by atoms with E-state index in [9.17, 15) is 5.48 Å². The number of aryl methyl sites for hydroxylation is 2. The van der Waals surface area contributed by atoms with E-state index in [1.807, 2.05) is 29.2 Å². The second kappa shape index (κ2) is 13.7. The number of anilines is 2. The molecule has 292 valence electrons. The molecule has 5 nitrogen and oxygen atoms in total. The van der Waals surface area contributed by atoms with Crippen LogP contribution >= 0.6 is 0 Å². The van der Waals surface area contributed by atoms with E-state index in [-0.39, 0.29) is 63.1 Å². The highest BCUT2D eigenvalue weighted by atomic mass is 16.5. The molecule has 0 saturated carbocycles. The van der Waals surface area contributed by atoms with E-state index in [0.29, 0.717) is 0 Å². The molecule has 0 fully saturated rings. The van der Waals surface area contributed by atoms with Crippen molar-refractivity contribution in [3.63, 3.8) is 0 Å². The van der Waals surface area contributed by atoms with E-state index >= 15 is 0 Å². The number of fused-ring (bicyclic) bond motifs is 10. The first-order chi connectivity index (χ1) is 33.7. The van der Waals surface area contributed by atoms with Gasteiger partial charge in [-0.1, -0.05) is 123 Å². The Balaban J connectivity index is 1.14. The average molecular weight is 790 g/mol. The minimum absolute atomic E-state index is 0.0214. The Hall–Kier alpha value is -7.11. The second-order valence-electron chi connectivity index (χ2n) is 16.5. The molecule has 11 rings (SSSR count). The molecule has 5 heteroatoms. The lowest BCUT2D eigenvalue weighted by molar-refractivity contribution is 0.411. The van der Waals surface area contributed by atoms with E-state index < -0.39 is 60.1 Å². The predicted molar refractivity (Wildman–Crippen MR) is 252 cm³/mol. The summed E-state index contributed by atoms with van der Waals surface area (Å²) in [6.07, 6.45) is -0.444. The van der Waals surface area contributed by atoms with Crippen molar-refractivity contribution in [3.8, 4) is 17.3 Å². The molecule has 0 spiro atoms. The summed E-state index contributed by atoms with van der Waals surface area (Å²) < 4.78 is 110. The maximum atomic E-state index is 9.42. The number of nitrogens with zero attached hydrogens (tertiary/aromatic N) is 4. The van der Waals surface area contributed by atoms with Crippen molar-refractivity contribution in [1.82, 2.24) is 14.1 Å². The molecule has 10 aromatic rings. The Kier molecular flexibility index (Phi) is 5.97. The number of hydrogen-bond acceptors (Lipinski definition) is 3. The lowest BCUT2D eigenvalue weighted by Gasteiger charge is -2.21. The quantitative estimate of drug-likeness (QED) is 0.174. The first-order valence-corrected chi connectivity index (χ1v) is 20.0. The lowest BCUT2D eigenvalue weighted by atomic mass is 9.88. The van der Waals surface area contributed by atoms with Crippen molar-refractivity contribution in [2.24, 2.45) is 5.41 Å². The van der Waals surface area contributed by atoms with Crippen molar-refractivity contribution in [1.29, 1.82) is 0 Å². The zero-order valence-corrected chi connectivity index (χ0v) is 33.8. The smallest absolute Gasteiger partial charge is 0.137 e. The largest absolute Gasteiger partial charge is 0.457 e. The molecule has 0 radical (unpaired) electrons. The van der Waals surface area contributed by atoms with Crippen molar-refractivity contribution >= 4 is 76.5 Å². The van der Waals surface area contributed by atoms with E-state index in [1.165, 1.54) is 29.0 Å². The van der Waals surface area contributed by atoms with Gasteiger partial charge in [0.05, 0.1) is 40.1 Å². The number of ether oxygens (including phenoxy) is 1. The van der Waals surface area contributed by atoms with Crippen LogP contribution in [0, 0.1) is 19.3 Å². The first-order valence-electron chi connectivity index (χ1n) is 25.5. The van der Waals surface area contributed by atoms with Crippen LogP contribution in [0.5, 0.6) is 11.5 Å². The molecular formula is C55H46N4O.